The molecule has 2 aromatic carbocycles. The lowest BCUT2D eigenvalue weighted by Gasteiger charge is -2.26. The van der Waals surface area contributed by atoms with Crippen LogP contribution < -0.4 is 5.32 Å². The van der Waals surface area contributed by atoms with Crippen LogP contribution in [0.2, 0.25) is 5.02 Å². The first-order valence-corrected chi connectivity index (χ1v) is 11.8. The summed E-state index contributed by atoms with van der Waals surface area (Å²) in [5, 5.41) is 2.18. The molecule has 1 fully saturated rings. The zero-order valence-corrected chi connectivity index (χ0v) is 18.4. The second kappa shape index (κ2) is 9.78. The maximum absolute atomic E-state index is 12.9. The number of amides is 1. The molecule has 168 valence electrons. The highest BCUT2D eigenvalue weighted by Gasteiger charge is 2.33. The zero-order valence-electron chi connectivity index (χ0n) is 16.0. The molecule has 0 aromatic heterocycles. The van der Waals surface area contributed by atoms with Crippen molar-refractivity contribution in [1.29, 1.82) is 0 Å². The Kier molecular flexibility index (Phi) is 7.53. The van der Waals surface area contributed by atoms with Gasteiger partial charge in [-0.3, -0.25) is 4.79 Å². The molecule has 6 nitrogen and oxygen atoms in total. The van der Waals surface area contributed by atoms with Gasteiger partial charge in [0.05, 0.1) is 34.4 Å². The van der Waals surface area contributed by atoms with Crippen molar-refractivity contribution in [3.8, 4) is 0 Å². The maximum Gasteiger partial charge on any atom is 0.417 e. The van der Waals surface area contributed by atoms with E-state index in [0.29, 0.717) is 18.9 Å². The minimum absolute atomic E-state index is 0.0996. The molecule has 0 radical (unpaired) electrons. The van der Waals surface area contributed by atoms with Crippen LogP contribution in [0.1, 0.15) is 5.56 Å². The lowest BCUT2D eigenvalue weighted by molar-refractivity contribution is -0.137. The normalized spacial score (nSPS) is 15.6. The average Bonchev–Trinajstić information content (AvgIpc) is 2.73. The highest BCUT2D eigenvalue weighted by Crippen LogP contribution is 2.37. The fourth-order valence-electron chi connectivity index (χ4n) is 2.80. The zero-order chi connectivity index (χ0) is 22.6. The third kappa shape index (κ3) is 6.13. The standard InChI is InChI=1S/C19H18ClF3N2O4S2/c20-17-6-3-14(11-16(17)19(21,22)23)30-12-18(26)24-13-1-4-15(5-2-13)31(27,28)25-7-9-29-10-8-25/h1-6,11H,7-10,12H2,(H,24,26). The van der Waals surface area contributed by atoms with Crippen LogP contribution in [-0.2, 0) is 25.7 Å². The number of morpholine rings is 1. The Balaban J connectivity index is 1.59. The Labute approximate surface area is 186 Å². The van der Waals surface area contributed by atoms with E-state index in [1.54, 1.807) is 0 Å². The number of nitrogens with one attached hydrogen (secondary N) is 1. The van der Waals surface area contributed by atoms with Gasteiger partial charge in [-0.2, -0.15) is 17.5 Å². The van der Waals surface area contributed by atoms with Gasteiger partial charge in [0.1, 0.15) is 0 Å². The number of anilines is 1. The summed E-state index contributed by atoms with van der Waals surface area (Å²) in [4.78, 5) is 12.5. The Bertz CT molecular complexity index is 1040. The smallest absolute Gasteiger partial charge is 0.379 e. The maximum atomic E-state index is 12.9. The number of hydrogen-bond acceptors (Lipinski definition) is 5. The molecule has 1 N–H and O–H groups in total. The van der Waals surface area contributed by atoms with E-state index in [2.05, 4.69) is 5.32 Å². The quantitative estimate of drug-likeness (QED) is 0.612. The van der Waals surface area contributed by atoms with Gasteiger partial charge in [0, 0.05) is 23.7 Å². The van der Waals surface area contributed by atoms with Gasteiger partial charge < -0.3 is 10.1 Å². The Morgan fingerprint density at radius 3 is 2.39 bits per heavy atom. The van der Waals surface area contributed by atoms with E-state index in [1.807, 2.05) is 0 Å². The van der Waals surface area contributed by atoms with Gasteiger partial charge in [-0.25, -0.2) is 8.42 Å². The summed E-state index contributed by atoms with van der Waals surface area (Å²) < 4.78 is 70.5. The number of benzene rings is 2. The lowest BCUT2D eigenvalue weighted by Crippen LogP contribution is -2.40. The van der Waals surface area contributed by atoms with Crippen molar-refractivity contribution in [1.82, 2.24) is 4.31 Å². The van der Waals surface area contributed by atoms with Gasteiger partial charge in [0.15, 0.2) is 0 Å². The van der Waals surface area contributed by atoms with Crippen molar-refractivity contribution in [3.05, 3.63) is 53.1 Å². The third-order valence-corrected chi connectivity index (χ3v) is 7.60. The van der Waals surface area contributed by atoms with Crippen LogP contribution in [0.25, 0.3) is 0 Å². The molecule has 0 atom stereocenters. The summed E-state index contributed by atoms with van der Waals surface area (Å²) in [6.07, 6.45) is -4.58. The van der Waals surface area contributed by atoms with Crippen molar-refractivity contribution in [2.45, 2.75) is 16.0 Å². The first-order valence-electron chi connectivity index (χ1n) is 9.05. The topological polar surface area (TPSA) is 75.7 Å². The summed E-state index contributed by atoms with van der Waals surface area (Å²) in [5.74, 6) is -0.579. The van der Waals surface area contributed by atoms with Gasteiger partial charge in [0.25, 0.3) is 0 Å². The van der Waals surface area contributed by atoms with Crippen LogP contribution in [0.15, 0.2) is 52.3 Å². The van der Waals surface area contributed by atoms with Crippen LogP contribution in [0.5, 0.6) is 0 Å². The molecule has 12 heteroatoms. The summed E-state index contributed by atoms with van der Waals surface area (Å²) in [7, 11) is -3.64. The number of halogens is 4. The van der Waals surface area contributed by atoms with Crippen molar-refractivity contribution < 1.29 is 31.1 Å². The van der Waals surface area contributed by atoms with E-state index in [0.717, 1.165) is 23.9 Å². The van der Waals surface area contributed by atoms with E-state index >= 15 is 0 Å². The largest absolute Gasteiger partial charge is 0.417 e. The summed E-state index contributed by atoms with van der Waals surface area (Å²) in [5.41, 5.74) is -0.588. The van der Waals surface area contributed by atoms with E-state index in [-0.39, 0.29) is 28.6 Å². The lowest BCUT2D eigenvalue weighted by atomic mass is 10.2. The van der Waals surface area contributed by atoms with Gasteiger partial charge in [-0.05, 0) is 42.5 Å². The molecule has 0 aliphatic carbocycles. The van der Waals surface area contributed by atoms with Crippen molar-refractivity contribution >= 4 is 45.0 Å². The first kappa shape index (κ1) is 23.9. The van der Waals surface area contributed by atoms with Crippen molar-refractivity contribution in [2.75, 3.05) is 37.4 Å². The van der Waals surface area contributed by atoms with E-state index in [9.17, 15) is 26.4 Å². The third-order valence-electron chi connectivity index (χ3n) is 4.36. The fourth-order valence-corrected chi connectivity index (χ4v) is 5.17. The molecule has 0 bridgehead atoms. The number of thioether (sulfide) groups is 1. The molecule has 1 heterocycles. The number of carbonyl (C=O) groups is 1. The number of hydrogen-bond donors (Lipinski definition) is 1. The molecule has 1 saturated heterocycles. The van der Waals surface area contributed by atoms with Crippen LogP contribution in [0, 0.1) is 0 Å². The average molecular weight is 495 g/mol. The summed E-state index contributed by atoms with van der Waals surface area (Å²) in [6, 6.07) is 9.13. The highest BCUT2D eigenvalue weighted by molar-refractivity contribution is 8.00. The molecule has 31 heavy (non-hydrogen) atoms. The Morgan fingerprint density at radius 2 is 1.77 bits per heavy atom. The summed E-state index contributed by atoms with van der Waals surface area (Å²) >= 11 is 6.51. The molecule has 1 amide bonds. The SMILES string of the molecule is O=C(CSc1ccc(Cl)c(C(F)(F)F)c1)Nc1ccc(S(=O)(=O)N2CCOCC2)cc1. The molecule has 0 saturated carbocycles. The van der Waals surface area contributed by atoms with E-state index in [4.69, 9.17) is 16.3 Å². The second-order valence-corrected chi connectivity index (χ2v) is 9.91. The van der Waals surface area contributed by atoms with Crippen LogP contribution in [0.3, 0.4) is 0 Å². The number of alkyl halides is 3. The highest BCUT2D eigenvalue weighted by atomic mass is 35.5. The molecular formula is C19H18ClF3N2O4S2. The first-order chi connectivity index (χ1) is 14.6. The number of nitrogens with zero attached hydrogens (tertiary/aromatic N) is 1. The minimum Gasteiger partial charge on any atom is -0.379 e. The molecule has 0 unspecified atom stereocenters. The summed E-state index contributed by atoms with van der Waals surface area (Å²) in [6.45, 7) is 1.23. The fraction of sp³-hybridized carbons (Fsp3) is 0.316. The van der Waals surface area contributed by atoms with E-state index in [1.165, 1.54) is 34.6 Å². The molecule has 3 rings (SSSR count). The number of sulfonamides is 1. The monoisotopic (exact) mass is 494 g/mol. The Hall–Kier alpha value is -1.79. The predicted octanol–water partition coefficient (Wildman–Crippen LogP) is 4.11. The van der Waals surface area contributed by atoms with Gasteiger partial charge in [-0.15, -0.1) is 11.8 Å². The molecule has 2 aromatic rings. The van der Waals surface area contributed by atoms with Gasteiger partial charge >= 0.3 is 6.18 Å². The molecule has 0 spiro atoms. The minimum atomic E-state index is -4.58. The number of carbonyl (C=O) groups excluding carboxylic acids is 1. The van der Waals surface area contributed by atoms with Crippen LogP contribution in [-0.4, -0.2) is 50.7 Å². The van der Waals surface area contributed by atoms with Crippen LogP contribution >= 0.6 is 23.4 Å². The Morgan fingerprint density at radius 1 is 1.13 bits per heavy atom. The van der Waals surface area contributed by atoms with E-state index < -0.39 is 32.7 Å². The van der Waals surface area contributed by atoms with Gasteiger partial charge in [-0.1, -0.05) is 11.6 Å². The molecule has 1 aliphatic heterocycles. The van der Waals surface area contributed by atoms with Gasteiger partial charge in [0.2, 0.25) is 15.9 Å². The number of rotatable bonds is 6. The van der Waals surface area contributed by atoms with Crippen molar-refractivity contribution in [2.24, 2.45) is 0 Å². The van der Waals surface area contributed by atoms with Crippen molar-refractivity contribution in [3.63, 3.8) is 0 Å². The second-order valence-electron chi connectivity index (χ2n) is 6.52. The van der Waals surface area contributed by atoms with Crippen LogP contribution in [0.4, 0.5) is 18.9 Å². The molecule has 1 aliphatic rings. The molecular weight excluding hydrogens is 477 g/mol. The predicted molar refractivity (Wildman–Crippen MR) is 112 cm³/mol. The number of ether oxygens (including phenoxy) is 1.